The van der Waals surface area contributed by atoms with Gasteiger partial charge in [0.05, 0.1) is 0 Å². The molecule has 18 heavy (non-hydrogen) atoms. The van der Waals surface area contributed by atoms with Crippen molar-refractivity contribution in [2.24, 2.45) is 11.0 Å². The summed E-state index contributed by atoms with van der Waals surface area (Å²) in [6.45, 7) is 6.33. The largest absolute Gasteiger partial charge is 0.348 e. The third kappa shape index (κ3) is 4.47. The molecular formula is C13H23N3O2. The Morgan fingerprint density at radius 3 is 2.56 bits per heavy atom. The minimum absolute atomic E-state index is 0.0422. The molecule has 1 heterocycles. The first-order valence-corrected chi connectivity index (χ1v) is 6.55. The number of rotatable bonds is 5. The minimum Gasteiger partial charge on any atom is -0.348 e. The molecule has 0 spiro atoms. The van der Waals surface area contributed by atoms with E-state index in [2.05, 4.69) is 24.3 Å². The Labute approximate surface area is 109 Å². The molecule has 0 saturated carbocycles. The summed E-state index contributed by atoms with van der Waals surface area (Å²) in [5.74, 6) is 0.449. The zero-order valence-electron chi connectivity index (χ0n) is 11.7. The van der Waals surface area contributed by atoms with Crippen LogP contribution >= 0.6 is 0 Å². The highest BCUT2D eigenvalue weighted by molar-refractivity contribution is 6.39. The molecule has 0 aromatic heterocycles. The van der Waals surface area contributed by atoms with E-state index < -0.39 is 0 Å². The van der Waals surface area contributed by atoms with Crippen molar-refractivity contribution in [2.45, 2.75) is 52.5 Å². The number of nitrogens with one attached hydrogen (secondary N) is 1. The van der Waals surface area contributed by atoms with Gasteiger partial charge >= 0.3 is 0 Å². The van der Waals surface area contributed by atoms with Gasteiger partial charge in [-0.25, -0.2) is 5.01 Å². The molecular weight excluding hydrogens is 230 g/mol. The molecule has 0 bridgehead atoms. The molecule has 5 heteroatoms. The SMILES string of the molecule is CC(C)CC[C@H](C)NC(=O)C1=NN(C)C(=O)CC1. The van der Waals surface area contributed by atoms with Gasteiger partial charge < -0.3 is 5.32 Å². The maximum absolute atomic E-state index is 11.9. The highest BCUT2D eigenvalue weighted by atomic mass is 16.2. The van der Waals surface area contributed by atoms with Gasteiger partial charge in [-0.1, -0.05) is 13.8 Å². The number of hydrazone groups is 1. The lowest BCUT2D eigenvalue weighted by Crippen LogP contribution is -2.41. The summed E-state index contributed by atoms with van der Waals surface area (Å²) < 4.78 is 0. The normalized spacial score (nSPS) is 17.7. The Kier molecular flexibility index (Phi) is 5.31. The van der Waals surface area contributed by atoms with Crippen LogP contribution in [0.3, 0.4) is 0 Å². The van der Waals surface area contributed by atoms with Crippen molar-refractivity contribution >= 4 is 17.5 Å². The molecule has 0 saturated heterocycles. The Balaban J connectivity index is 2.45. The number of hydrogen-bond acceptors (Lipinski definition) is 3. The fourth-order valence-corrected chi connectivity index (χ4v) is 1.80. The van der Waals surface area contributed by atoms with Crippen LogP contribution in [0.2, 0.25) is 0 Å². The first kappa shape index (κ1) is 14.7. The lowest BCUT2D eigenvalue weighted by molar-refractivity contribution is -0.130. The Bertz CT molecular complexity index is 350. The molecule has 2 amide bonds. The van der Waals surface area contributed by atoms with Crippen molar-refractivity contribution in [2.75, 3.05) is 7.05 Å². The van der Waals surface area contributed by atoms with E-state index in [9.17, 15) is 9.59 Å². The average molecular weight is 253 g/mol. The van der Waals surface area contributed by atoms with Crippen molar-refractivity contribution in [1.29, 1.82) is 0 Å². The fourth-order valence-electron chi connectivity index (χ4n) is 1.80. The van der Waals surface area contributed by atoms with Gasteiger partial charge in [0.2, 0.25) is 5.91 Å². The maximum Gasteiger partial charge on any atom is 0.267 e. The van der Waals surface area contributed by atoms with Gasteiger partial charge in [0.1, 0.15) is 5.71 Å². The van der Waals surface area contributed by atoms with Gasteiger partial charge in [0.15, 0.2) is 0 Å². The molecule has 102 valence electrons. The Morgan fingerprint density at radius 1 is 1.33 bits per heavy atom. The average Bonchev–Trinajstić information content (AvgIpc) is 2.30. The zero-order chi connectivity index (χ0) is 13.7. The minimum atomic E-state index is -0.148. The van der Waals surface area contributed by atoms with E-state index in [1.807, 2.05) is 6.92 Å². The van der Waals surface area contributed by atoms with Crippen LogP contribution in [0.25, 0.3) is 0 Å². The second-order valence-corrected chi connectivity index (χ2v) is 5.31. The number of carbonyl (C=O) groups excluding carboxylic acids is 2. The smallest absolute Gasteiger partial charge is 0.267 e. The quantitative estimate of drug-likeness (QED) is 0.807. The van der Waals surface area contributed by atoms with Gasteiger partial charge in [0, 0.05) is 25.9 Å². The molecule has 0 unspecified atom stereocenters. The van der Waals surface area contributed by atoms with Crippen LogP contribution < -0.4 is 5.32 Å². The Morgan fingerprint density at radius 2 is 2.00 bits per heavy atom. The molecule has 1 aliphatic heterocycles. The third-order valence-electron chi connectivity index (χ3n) is 3.02. The highest BCUT2D eigenvalue weighted by Crippen LogP contribution is 2.09. The van der Waals surface area contributed by atoms with Gasteiger partial charge in [-0.2, -0.15) is 5.10 Å². The Hall–Kier alpha value is -1.39. The van der Waals surface area contributed by atoms with Gasteiger partial charge in [-0.3, -0.25) is 9.59 Å². The van der Waals surface area contributed by atoms with Crippen LogP contribution in [0, 0.1) is 5.92 Å². The predicted octanol–water partition coefficient (Wildman–Crippen LogP) is 1.54. The monoisotopic (exact) mass is 253 g/mol. The summed E-state index contributed by atoms with van der Waals surface area (Å²) in [5, 5.41) is 8.18. The zero-order valence-corrected chi connectivity index (χ0v) is 11.7. The van der Waals surface area contributed by atoms with Gasteiger partial charge in [-0.15, -0.1) is 0 Å². The number of amides is 2. The van der Waals surface area contributed by atoms with Crippen molar-refractivity contribution < 1.29 is 9.59 Å². The molecule has 0 radical (unpaired) electrons. The van der Waals surface area contributed by atoms with E-state index in [1.54, 1.807) is 7.05 Å². The third-order valence-corrected chi connectivity index (χ3v) is 3.02. The van der Waals surface area contributed by atoms with Crippen LogP contribution in [-0.2, 0) is 9.59 Å². The van der Waals surface area contributed by atoms with Crippen LogP contribution in [0.1, 0.15) is 46.5 Å². The molecule has 1 aliphatic rings. The van der Waals surface area contributed by atoms with Crippen molar-refractivity contribution in [3.05, 3.63) is 0 Å². The summed E-state index contributed by atoms with van der Waals surface area (Å²) >= 11 is 0. The molecule has 0 aromatic carbocycles. The summed E-state index contributed by atoms with van der Waals surface area (Å²) in [6, 6.07) is 0.144. The molecule has 1 N–H and O–H groups in total. The molecule has 0 aromatic rings. The standard InChI is InChI=1S/C13H23N3O2/c1-9(2)5-6-10(3)14-13(18)11-7-8-12(17)16(4)15-11/h9-10H,5-8H2,1-4H3,(H,14,18)/t10-/m0/s1. The summed E-state index contributed by atoms with van der Waals surface area (Å²) in [6.07, 6.45) is 2.85. The first-order valence-electron chi connectivity index (χ1n) is 6.55. The lowest BCUT2D eigenvalue weighted by Gasteiger charge is -2.21. The van der Waals surface area contributed by atoms with E-state index in [4.69, 9.17) is 0 Å². The summed E-state index contributed by atoms with van der Waals surface area (Å²) in [7, 11) is 1.58. The van der Waals surface area contributed by atoms with Crippen LogP contribution in [0.15, 0.2) is 5.10 Å². The van der Waals surface area contributed by atoms with E-state index in [0.717, 1.165) is 12.8 Å². The molecule has 5 nitrogen and oxygen atoms in total. The topological polar surface area (TPSA) is 61.8 Å². The highest BCUT2D eigenvalue weighted by Gasteiger charge is 2.22. The molecule has 1 rings (SSSR count). The number of hydrogen-bond donors (Lipinski definition) is 1. The summed E-state index contributed by atoms with van der Waals surface area (Å²) in [5.41, 5.74) is 0.452. The number of nitrogens with zero attached hydrogens (tertiary/aromatic N) is 2. The molecule has 0 fully saturated rings. The van der Waals surface area contributed by atoms with E-state index in [1.165, 1.54) is 5.01 Å². The van der Waals surface area contributed by atoms with Crippen molar-refractivity contribution in [3.8, 4) is 0 Å². The van der Waals surface area contributed by atoms with Gasteiger partial charge in [0.25, 0.3) is 5.91 Å². The van der Waals surface area contributed by atoms with E-state index in [0.29, 0.717) is 24.5 Å². The van der Waals surface area contributed by atoms with E-state index in [-0.39, 0.29) is 17.9 Å². The van der Waals surface area contributed by atoms with Crippen LogP contribution in [0.5, 0.6) is 0 Å². The summed E-state index contributed by atoms with van der Waals surface area (Å²) in [4.78, 5) is 23.2. The predicted molar refractivity (Wildman–Crippen MR) is 71.1 cm³/mol. The fraction of sp³-hybridized carbons (Fsp3) is 0.769. The maximum atomic E-state index is 11.9. The lowest BCUT2D eigenvalue weighted by atomic mass is 10.0. The first-order chi connectivity index (χ1) is 8.40. The van der Waals surface area contributed by atoms with Crippen molar-refractivity contribution in [3.63, 3.8) is 0 Å². The van der Waals surface area contributed by atoms with Crippen molar-refractivity contribution in [1.82, 2.24) is 10.3 Å². The second-order valence-electron chi connectivity index (χ2n) is 5.31. The van der Waals surface area contributed by atoms with Crippen LogP contribution in [-0.4, -0.2) is 35.6 Å². The van der Waals surface area contributed by atoms with Crippen LogP contribution in [0.4, 0.5) is 0 Å². The van der Waals surface area contributed by atoms with Gasteiger partial charge in [-0.05, 0) is 25.7 Å². The molecule has 0 aliphatic carbocycles. The number of carbonyl (C=O) groups is 2. The van der Waals surface area contributed by atoms with E-state index >= 15 is 0 Å². The second kappa shape index (κ2) is 6.52. The molecule has 1 atom stereocenters.